The van der Waals surface area contributed by atoms with Gasteiger partial charge in [-0.05, 0) is 41.5 Å². The molecule has 178 valence electrons. The van der Waals surface area contributed by atoms with Gasteiger partial charge in [0, 0.05) is 0 Å². The van der Waals surface area contributed by atoms with Gasteiger partial charge in [0.05, 0.1) is 59.1 Å². The zero-order valence-corrected chi connectivity index (χ0v) is 20.0. The minimum atomic E-state index is -0.808. The van der Waals surface area contributed by atoms with Crippen LogP contribution in [-0.2, 0) is 9.47 Å². The van der Waals surface area contributed by atoms with Crippen LogP contribution in [0.1, 0.15) is 37.8 Å². The highest BCUT2D eigenvalue weighted by Gasteiger charge is 2.32. The number of esters is 2. The molecule has 9 nitrogen and oxygen atoms in total. The maximum Gasteiger partial charge on any atom is 0.337 e. The molecule has 0 fully saturated rings. The molecular formula is C26H18N4O5S. The Balaban J connectivity index is 1.90. The highest BCUT2D eigenvalue weighted by Crippen LogP contribution is 2.35. The van der Waals surface area contributed by atoms with Crippen molar-refractivity contribution in [1.29, 1.82) is 10.5 Å². The number of rotatable bonds is 4. The molecule has 10 heteroatoms. The van der Waals surface area contributed by atoms with E-state index in [0.29, 0.717) is 31.4 Å². The van der Waals surface area contributed by atoms with Crippen molar-refractivity contribution in [3.05, 3.63) is 95.9 Å². The number of methoxy groups -OCH3 is 2. The maximum absolute atomic E-state index is 13.2. The van der Waals surface area contributed by atoms with E-state index < -0.39 is 23.4 Å². The summed E-state index contributed by atoms with van der Waals surface area (Å²) in [5.74, 6) is -1.86. The molecule has 0 unspecified atom stereocenters. The van der Waals surface area contributed by atoms with Crippen LogP contribution in [0.3, 0.4) is 0 Å². The molecular weight excluding hydrogens is 480 g/mol. The quantitative estimate of drug-likeness (QED) is 0.531. The van der Waals surface area contributed by atoms with E-state index in [-0.39, 0.29) is 17.0 Å². The van der Waals surface area contributed by atoms with E-state index in [1.807, 2.05) is 6.07 Å². The van der Waals surface area contributed by atoms with Gasteiger partial charge in [-0.25, -0.2) is 9.59 Å². The molecule has 2 heterocycles. The first-order valence-electron chi connectivity index (χ1n) is 10.5. The zero-order chi connectivity index (χ0) is 26.0. The highest BCUT2D eigenvalue weighted by atomic mass is 32.1. The van der Waals surface area contributed by atoms with Crippen molar-refractivity contribution in [3.63, 3.8) is 0 Å². The number of aromatic nitrogens is 1. The monoisotopic (exact) mass is 498 g/mol. The Kier molecular flexibility index (Phi) is 6.55. The smallest absolute Gasteiger partial charge is 0.337 e. The van der Waals surface area contributed by atoms with Gasteiger partial charge in [-0.2, -0.15) is 10.5 Å². The first kappa shape index (κ1) is 24.2. The second-order valence-electron chi connectivity index (χ2n) is 7.65. The highest BCUT2D eigenvalue weighted by molar-refractivity contribution is 7.07. The molecule has 1 atom stereocenters. The van der Waals surface area contributed by atoms with E-state index in [4.69, 9.17) is 15.2 Å². The molecule has 2 aromatic carbocycles. The third kappa shape index (κ3) is 4.06. The number of carbonyl (C=O) groups is 2. The van der Waals surface area contributed by atoms with Gasteiger partial charge in [0.2, 0.25) is 0 Å². The van der Waals surface area contributed by atoms with Crippen LogP contribution in [0.25, 0.3) is 17.5 Å². The second-order valence-corrected chi connectivity index (χ2v) is 8.68. The number of fused-ring (bicyclic) bond motifs is 1. The summed E-state index contributed by atoms with van der Waals surface area (Å²) in [6, 6.07) is 17.0. The Morgan fingerprint density at radius 3 is 1.97 bits per heavy atom. The van der Waals surface area contributed by atoms with Gasteiger partial charge in [-0.3, -0.25) is 9.36 Å². The van der Waals surface area contributed by atoms with Crippen LogP contribution < -0.4 is 20.5 Å². The van der Waals surface area contributed by atoms with Gasteiger partial charge in [0.25, 0.3) is 5.56 Å². The number of hydrogen-bond donors (Lipinski definition) is 1. The van der Waals surface area contributed by atoms with Crippen molar-refractivity contribution in [2.45, 2.75) is 5.92 Å². The summed E-state index contributed by atoms with van der Waals surface area (Å²) in [4.78, 5) is 36.7. The topological polar surface area (TPSA) is 148 Å². The van der Waals surface area contributed by atoms with Crippen molar-refractivity contribution in [3.8, 4) is 12.1 Å². The molecule has 0 amide bonds. The van der Waals surface area contributed by atoms with Crippen LogP contribution in [0.2, 0.25) is 0 Å². The molecule has 2 N–H and O–H groups in total. The summed E-state index contributed by atoms with van der Waals surface area (Å²) in [6.45, 7) is 0. The van der Waals surface area contributed by atoms with Gasteiger partial charge < -0.3 is 15.2 Å². The normalized spacial score (nSPS) is 15.1. The van der Waals surface area contributed by atoms with E-state index in [9.17, 15) is 24.9 Å². The molecule has 1 aromatic heterocycles. The number of hydrogen-bond acceptors (Lipinski definition) is 9. The van der Waals surface area contributed by atoms with Gasteiger partial charge in [-0.1, -0.05) is 24.3 Å². The van der Waals surface area contributed by atoms with Crippen LogP contribution >= 0.6 is 11.3 Å². The van der Waals surface area contributed by atoms with E-state index in [1.54, 1.807) is 42.5 Å². The van der Waals surface area contributed by atoms with Gasteiger partial charge in [-0.15, -0.1) is 11.3 Å². The van der Waals surface area contributed by atoms with Crippen LogP contribution in [0.4, 0.5) is 0 Å². The van der Waals surface area contributed by atoms with Gasteiger partial charge in [0.1, 0.15) is 10.5 Å². The third-order valence-electron chi connectivity index (χ3n) is 5.68. The molecule has 0 saturated carbocycles. The van der Waals surface area contributed by atoms with Crippen LogP contribution in [0.15, 0.2) is 58.9 Å². The zero-order valence-electron chi connectivity index (χ0n) is 19.1. The molecule has 1 aliphatic heterocycles. The molecule has 0 saturated heterocycles. The average Bonchev–Trinajstić information content (AvgIpc) is 3.23. The summed E-state index contributed by atoms with van der Waals surface area (Å²) in [6.07, 6.45) is 1.62. The fourth-order valence-corrected chi connectivity index (χ4v) is 5.03. The Labute approximate surface area is 208 Å². The molecule has 0 radical (unpaired) electrons. The lowest BCUT2D eigenvalue weighted by Crippen LogP contribution is -2.38. The maximum atomic E-state index is 13.2. The number of allylic oxidation sites excluding steroid dienone is 1. The molecule has 4 rings (SSSR count). The summed E-state index contributed by atoms with van der Waals surface area (Å²) in [7, 11) is 2.56. The van der Waals surface area contributed by atoms with Crippen LogP contribution in [0.5, 0.6) is 0 Å². The van der Waals surface area contributed by atoms with E-state index >= 15 is 0 Å². The van der Waals surface area contributed by atoms with Gasteiger partial charge >= 0.3 is 11.9 Å². The van der Waals surface area contributed by atoms with Crippen molar-refractivity contribution in [2.75, 3.05) is 14.2 Å². The Hall–Kier alpha value is -4.93. The number of nitriles is 2. The van der Waals surface area contributed by atoms with Crippen LogP contribution in [0, 0.1) is 22.7 Å². The summed E-state index contributed by atoms with van der Waals surface area (Å²) < 4.78 is 11.2. The first-order valence-corrected chi connectivity index (χ1v) is 11.3. The summed E-state index contributed by atoms with van der Waals surface area (Å²) in [5.41, 5.74) is 7.95. The predicted molar refractivity (Wildman–Crippen MR) is 132 cm³/mol. The fourth-order valence-electron chi connectivity index (χ4n) is 3.90. The van der Waals surface area contributed by atoms with Gasteiger partial charge in [0.15, 0.2) is 0 Å². The number of nitrogens with zero attached hydrogens (tertiary/aromatic N) is 3. The summed E-state index contributed by atoms with van der Waals surface area (Å²) in [5, 5.41) is 19.9. The number of ether oxygens (including phenoxy) is 2. The Morgan fingerprint density at radius 2 is 1.47 bits per heavy atom. The minimum absolute atomic E-state index is 0.0544. The van der Waals surface area contributed by atoms with Crippen molar-refractivity contribution in [2.24, 2.45) is 5.73 Å². The van der Waals surface area contributed by atoms with Crippen molar-refractivity contribution in [1.82, 2.24) is 4.57 Å². The second kappa shape index (κ2) is 9.74. The lowest BCUT2D eigenvalue weighted by atomic mass is 9.84. The minimum Gasteiger partial charge on any atom is -0.465 e. The third-order valence-corrected chi connectivity index (χ3v) is 6.79. The van der Waals surface area contributed by atoms with E-state index in [2.05, 4.69) is 6.07 Å². The molecule has 0 bridgehead atoms. The van der Waals surface area contributed by atoms with E-state index in [0.717, 1.165) is 11.3 Å². The number of benzene rings is 2. The van der Waals surface area contributed by atoms with Crippen LogP contribution in [-0.4, -0.2) is 30.7 Å². The van der Waals surface area contributed by atoms with Crippen molar-refractivity contribution < 1.29 is 19.1 Å². The molecule has 0 spiro atoms. The molecule has 0 aliphatic carbocycles. The molecule has 1 aliphatic rings. The largest absolute Gasteiger partial charge is 0.465 e. The fraction of sp³-hybridized carbons (Fsp3) is 0.115. The van der Waals surface area contributed by atoms with E-state index in [1.165, 1.54) is 30.9 Å². The lowest BCUT2D eigenvalue weighted by Gasteiger charge is -2.22. The molecule has 36 heavy (non-hydrogen) atoms. The predicted octanol–water partition coefficient (Wildman–Crippen LogP) is 1.43. The number of thiazole rings is 1. The average molecular weight is 499 g/mol. The molecule has 3 aromatic rings. The Bertz CT molecular complexity index is 1680. The lowest BCUT2D eigenvalue weighted by molar-refractivity contribution is 0.0592. The van der Waals surface area contributed by atoms with Crippen molar-refractivity contribution >= 4 is 40.7 Å². The SMILES string of the molecule is COC(=O)c1ccc(/C=c2\sc3n(c2=O)C(N)=C(C#N)[C@H](c2ccc(C(=O)OC)cc2)C=3C#N)cc1. The number of carbonyl (C=O) groups excluding carboxylic acids is 2. The summed E-state index contributed by atoms with van der Waals surface area (Å²) >= 11 is 1.08. The standard InChI is InChI=1S/C26H18N4O5S/c1-34-25(32)16-5-3-14(4-6-16)11-20-23(31)30-22(29)18(12-27)21(19(13-28)24(30)36-20)15-7-9-17(10-8-15)26(33)35-2/h3-11,21H,29H2,1-2H3/b20-11-/t21-/m0/s1. The number of nitrogens with two attached hydrogens (primary N) is 1. The Morgan fingerprint density at radius 1 is 0.944 bits per heavy atom. The first-order chi connectivity index (χ1) is 17.3.